The second-order valence-electron chi connectivity index (χ2n) is 4.73. The first kappa shape index (κ1) is 17.2. The number of carbonyl (C=O) groups is 1. The quantitative estimate of drug-likeness (QED) is 0.695. The highest BCUT2D eigenvalue weighted by atomic mass is 79.9. The van der Waals surface area contributed by atoms with Crippen LogP contribution in [-0.4, -0.2) is 38.7 Å². The van der Waals surface area contributed by atoms with Crippen molar-refractivity contribution in [3.05, 3.63) is 26.6 Å². The van der Waals surface area contributed by atoms with E-state index in [0.717, 1.165) is 12.1 Å². The molecule has 2 N–H and O–H groups in total. The fourth-order valence-electron chi connectivity index (χ4n) is 1.97. The molecule has 1 heterocycles. The molecule has 0 bridgehead atoms. The zero-order valence-electron chi connectivity index (χ0n) is 10.9. The summed E-state index contributed by atoms with van der Waals surface area (Å²) in [5, 5.41) is 23.0. The smallest absolute Gasteiger partial charge is 0.438 e. The van der Waals surface area contributed by atoms with E-state index in [1.54, 1.807) is 0 Å². The molecule has 1 atom stereocenters. The molecule has 10 heteroatoms. The number of phenols is 1. The molecule has 1 aromatic carbocycles. The van der Waals surface area contributed by atoms with Crippen molar-refractivity contribution in [2.75, 3.05) is 0 Å². The molecule has 1 aliphatic rings. The van der Waals surface area contributed by atoms with Crippen molar-refractivity contribution in [1.82, 2.24) is 5.01 Å². The number of aromatic hydroxyl groups is 1. The number of phenolic OH excluding ortho intramolecular Hbond substituents is 1. The summed E-state index contributed by atoms with van der Waals surface area (Å²) in [7, 11) is 0. The summed E-state index contributed by atoms with van der Waals surface area (Å²) in [5.74, 6) is -1.35. The molecular weight excluding hydrogens is 437 g/mol. The minimum atomic E-state index is -5.06. The van der Waals surface area contributed by atoms with Crippen molar-refractivity contribution >= 4 is 43.5 Å². The molecule has 0 radical (unpaired) electrons. The normalized spacial score (nSPS) is 22.0. The number of carbonyl (C=O) groups excluding carboxylic acids is 1. The number of alkyl halides is 3. The van der Waals surface area contributed by atoms with Gasteiger partial charge in [-0.15, -0.1) is 0 Å². The maximum absolute atomic E-state index is 13.1. The van der Waals surface area contributed by atoms with Crippen molar-refractivity contribution in [3.63, 3.8) is 0 Å². The van der Waals surface area contributed by atoms with Gasteiger partial charge in [0.1, 0.15) is 5.75 Å². The number of benzene rings is 1. The van der Waals surface area contributed by atoms with Crippen molar-refractivity contribution < 1.29 is 28.2 Å². The highest BCUT2D eigenvalue weighted by Gasteiger charge is 2.62. The lowest BCUT2D eigenvalue weighted by atomic mass is 10.1. The van der Waals surface area contributed by atoms with Crippen LogP contribution in [0.2, 0.25) is 0 Å². The van der Waals surface area contributed by atoms with Crippen LogP contribution in [0.1, 0.15) is 23.7 Å². The van der Waals surface area contributed by atoms with Gasteiger partial charge in [0.2, 0.25) is 0 Å². The van der Waals surface area contributed by atoms with E-state index >= 15 is 0 Å². The summed E-state index contributed by atoms with van der Waals surface area (Å²) in [6.07, 6.45) is -5.88. The molecular formula is C12H9Br2F3N2O3. The lowest BCUT2D eigenvalue weighted by Gasteiger charge is -2.32. The van der Waals surface area contributed by atoms with Gasteiger partial charge in [-0.1, -0.05) is 0 Å². The predicted octanol–water partition coefficient (Wildman–Crippen LogP) is 3.39. The van der Waals surface area contributed by atoms with Crippen LogP contribution in [0.15, 0.2) is 26.2 Å². The van der Waals surface area contributed by atoms with Crippen LogP contribution < -0.4 is 0 Å². The Morgan fingerprint density at radius 1 is 1.36 bits per heavy atom. The maximum atomic E-state index is 13.1. The number of halogens is 5. The lowest BCUT2D eigenvalue weighted by molar-refractivity contribution is -0.297. The molecule has 2 rings (SSSR count). The highest BCUT2D eigenvalue weighted by molar-refractivity contribution is 9.11. The van der Waals surface area contributed by atoms with Gasteiger partial charge in [0.25, 0.3) is 11.6 Å². The Kier molecular flexibility index (Phi) is 4.31. The summed E-state index contributed by atoms with van der Waals surface area (Å²) in [4.78, 5) is 12.3. The molecule has 1 amide bonds. The molecule has 0 saturated carbocycles. The molecule has 22 heavy (non-hydrogen) atoms. The van der Waals surface area contributed by atoms with Crippen molar-refractivity contribution in [2.24, 2.45) is 5.10 Å². The van der Waals surface area contributed by atoms with Gasteiger partial charge in [-0.2, -0.15) is 23.3 Å². The van der Waals surface area contributed by atoms with Crippen LogP contribution in [0.3, 0.4) is 0 Å². The van der Waals surface area contributed by atoms with E-state index in [-0.39, 0.29) is 31.0 Å². The van der Waals surface area contributed by atoms with Gasteiger partial charge in [-0.05, 0) is 50.9 Å². The second-order valence-corrected chi connectivity index (χ2v) is 6.44. The van der Waals surface area contributed by atoms with Crippen LogP contribution in [0.4, 0.5) is 13.2 Å². The van der Waals surface area contributed by atoms with Crippen LogP contribution in [-0.2, 0) is 0 Å². The number of aliphatic hydroxyl groups is 1. The fourth-order valence-corrected chi connectivity index (χ4v) is 3.15. The number of hydrogen-bond acceptors (Lipinski definition) is 4. The first-order valence-electron chi connectivity index (χ1n) is 5.83. The zero-order chi connectivity index (χ0) is 16.9. The van der Waals surface area contributed by atoms with Crippen molar-refractivity contribution in [2.45, 2.75) is 25.2 Å². The molecule has 0 aliphatic carbocycles. The number of amides is 1. The number of rotatable bonds is 1. The average Bonchev–Trinajstić information content (AvgIpc) is 2.70. The second kappa shape index (κ2) is 5.50. The Hall–Kier alpha value is -1.13. The largest absolute Gasteiger partial charge is 0.506 e. The minimum Gasteiger partial charge on any atom is -0.506 e. The van der Waals surface area contributed by atoms with Gasteiger partial charge >= 0.3 is 6.18 Å². The van der Waals surface area contributed by atoms with Crippen LogP contribution in [0, 0.1) is 0 Å². The molecule has 0 spiro atoms. The number of nitrogens with zero attached hydrogens (tertiary/aromatic N) is 2. The number of hydrazone groups is 1. The summed E-state index contributed by atoms with van der Waals surface area (Å²) in [5.41, 5.74) is -3.59. The van der Waals surface area contributed by atoms with Gasteiger partial charge in [0.05, 0.1) is 8.95 Å². The van der Waals surface area contributed by atoms with E-state index < -0.39 is 24.2 Å². The Labute approximate surface area is 139 Å². The first-order chi connectivity index (χ1) is 9.97. The summed E-state index contributed by atoms with van der Waals surface area (Å²) in [6, 6.07) is 2.28. The van der Waals surface area contributed by atoms with Crippen LogP contribution >= 0.6 is 31.9 Å². The van der Waals surface area contributed by atoms with E-state index in [2.05, 4.69) is 37.0 Å². The van der Waals surface area contributed by atoms with Crippen molar-refractivity contribution in [1.29, 1.82) is 0 Å². The Morgan fingerprint density at radius 3 is 2.32 bits per heavy atom. The molecule has 0 aromatic heterocycles. The standard InChI is InChI=1S/C12H9Br2F3N2O3/c1-5-4-11(22,12(15,16)17)19(18-5)10(21)6-2-7(13)9(20)8(14)3-6/h2-3,20,22H,4H2,1H3/t11-/m1/s1. The predicted molar refractivity (Wildman–Crippen MR) is 78.4 cm³/mol. The van der Waals surface area contributed by atoms with Crippen molar-refractivity contribution in [3.8, 4) is 5.75 Å². The van der Waals surface area contributed by atoms with E-state index in [1.165, 1.54) is 6.92 Å². The Bertz CT molecular complexity index is 655. The molecule has 1 aliphatic heterocycles. The van der Waals surface area contributed by atoms with E-state index in [1.807, 2.05) is 0 Å². The van der Waals surface area contributed by atoms with Gasteiger partial charge in [0, 0.05) is 17.7 Å². The van der Waals surface area contributed by atoms with E-state index in [4.69, 9.17) is 0 Å². The van der Waals surface area contributed by atoms with E-state index in [9.17, 15) is 28.2 Å². The van der Waals surface area contributed by atoms with E-state index in [0.29, 0.717) is 0 Å². The topological polar surface area (TPSA) is 73.1 Å². The SMILES string of the molecule is CC1=NN(C(=O)c2cc(Br)c(O)c(Br)c2)[C@](O)(C(F)(F)F)C1. The molecule has 1 aromatic rings. The average molecular weight is 446 g/mol. The third kappa shape index (κ3) is 2.74. The third-order valence-electron chi connectivity index (χ3n) is 3.03. The molecule has 5 nitrogen and oxygen atoms in total. The van der Waals surface area contributed by atoms with Gasteiger partial charge in [-0.25, -0.2) is 0 Å². The fraction of sp³-hybridized carbons (Fsp3) is 0.333. The summed E-state index contributed by atoms with van der Waals surface area (Å²) < 4.78 is 39.5. The third-order valence-corrected chi connectivity index (χ3v) is 4.24. The summed E-state index contributed by atoms with van der Waals surface area (Å²) in [6.45, 7) is 1.28. The molecule has 0 unspecified atom stereocenters. The van der Waals surface area contributed by atoms with Gasteiger partial charge in [0.15, 0.2) is 0 Å². The molecule has 0 saturated heterocycles. The summed E-state index contributed by atoms with van der Waals surface area (Å²) >= 11 is 5.96. The molecule has 0 fully saturated rings. The highest BCUT2D eigenvalue weighted by Crippen LogP contribution is 2.41. The Morgan fingerprint density at radius 2 is 1.86 bits per heavy atom. The lowest BCUT2D eigenvalue weighted by Crippen LogP contribution is -2.56. The molecule has 120 valence electrons. The first-order valence-corrected chi connectivity index (χ1v) is 7.41. The zero-order valence-corrected chi connectivity index (χ0v) is 14.1. The Balaban J connectivity index is 2.48. The van der Waals surface area contributed by atoms with Gasteiger partial charge in [-0.3, -0.25) is 4.79 Å². The minimum absolute atomic E-state index is 0.0214. The van der Waals surface area contributed by atoms with Gasteiger partial charge < -0.3 is 10.2 Å². The van der Waals surface area contributed by atoms with Crippen LogP contribution in [0.25, 0.3) is 0 Å². The maximum Gasteiger partial charge on any atom is 0.438 e. The van der Waals surface area contributed by atoms with Crippen LogP contribution in [0.5, 0.6) is 5.75 Å². The monoisotopic (exact) mass is 444 g/mol. The number of hydrogen-bond donors (Lipinski definition) is 2.